The van der Waals surface area contributed by atoms with Gasteiger partial charge in [-0.25, -0.2) is 0 Å². The molecule has 0 unspecified atom stereocenters. The lowest BCUT2D eigenvalue weighted by atomic mass is 10.2. The smallest absolute Gasteiger partial charge is 0.0668 e. The highest BCUT2D eigenvalue weighted by Gasteiger charge is 2.18. The Labute approximate surface area is 91.1 Å². The predicted molar refractivity (Wildman–Crippen MR) is 61.2 cm³/mol. The van der Waals surface area contributed by atoms with Crippen LogP contribution in [0, 0.1) is 0 Å². The Bertz CT molecular complexity index is 310. The summed E-state index contributed by atoms with van der Waals surface area (Å²) in [5.41, 5.74) is 2.36. The van der Waals surface area contributed by atoms with Crippen LogP contribution in [0.4, 0.5) is 5.69 Å². The van der Waals surface area contributed by atoms with Gasteiger partial charge in [-0.1, -0.05) is 6.92 Å². The highest BCUT2D eigenvalue weighted by atomic mass is 16.5. The molecule has 0 aromatic carbocycles. The second-order valence-electron chi connectivity index (χ2n) is 3.98. The second kappa shape index (κ2) is 4.62. The average Bonchev–Trinajstić information content (AvgIpc) is 2.30. The molecule has 0 radical (unpaired) electrons. The van der Waals surface area contributed by atoms with E-state index in [-0.39, 0.29) is 0 Å². The molecular formula is C12H18N2O. The van der Waals surface area contributed by atoms with Crippen molar-refractivity contribution in [2.24, 2.45) is 0 Å². The monoisotopic (exact) mass is 206 g/mol. The van der Waals surface area contributed by atoms with Crippen LogP contribution in [0.15, 0.2) is 18.3 Å². The molecule has 15 heavy (non-hydrogen) atoms. The van der Waals surface area contributed by atoms with E-state index in [2.05, 4.69) is 35.9 Å². The van der Waals surface area contributed by atoms with E-state index < -0.39 is 0 Å². The average molecular weight is 206 g/mol. The van der Waals surface area contributed by atoms with Crippen LogP contribution in [0.3, 0.4) is 0 Å². The summed E-state index contributed by atoms with van der Waals surface area (Å²) in [7, 11) is 0. The number of aromatic nitrogens is 1. The van der Waals surface area contributed by atoms with Crippen molar-refractivity contribution in [2.45, 2.75) is 26.3 Å². The summed E-state index contributed by atoms with van der Waals surface area (Å²) in [4.78, 5) is 6.78. The molecule has 1 aliphatic rings. The first-order chi connectivity index (χ1) is 7.31. The topological polar surface area (TPSA) is 25.4 Å². The minimum absolute atomic E-state index is 0.452. The van der Waals surface area contributed by atoms with Crippen LogP contribution in [0.25, 0.3) is 0 Å². The van der Waals surface area contributed by atoms with Crippen molar-refractivity contribution in [3.8, 4) is 0 Å². The fourth-order valence-electron chi connectivity index (χ4n) is 1.91. The molecule has 1 saturated heterocycles. The SMILES string of the molecule is CCc1ccc(N2CCOC[C@H]2C)cn1. The number of pyridine rings is 1. The van der Waals surface area contributed by atoms with Crippen molar-refractivity contribution in [2.75, 3.05) is 24.7 Å². The number of hydrogen-bond donors (Lipinski definition) is 0. The van der Waals surface area contributed by atoms with Gasteiger partial charge in [0.2, 0.25) is 0 Å². The van der Waals surface area contributed by atoms with Gasteiger partial charge in [0, 0.05) is 18.3 Å². The maximum Gasteiger partial charge on any atom is 0.0668 e. The van der Waals surface area contributed by atoms with Gasteiger partial charge < -0.3 is 9.64 Å². The van der Waals surface area contributed by atoms with E-state index in [1.165, 1.54) is 5.69 Å². The lowest BCUT2D eigenvalue weighted by Gasteiger charge is -2.35. The molecule has 3 nitrogen and oxygen atoms in total. The Kier molecular flexibility index (Phi) is 3.21. The molecule has 0 aliphatic carbocycles. The molecule has 0 amide bonds. The number of ether oxygens (including phenoxy) is 1. The number of rotatable bonds is 2. The molecule has 1 aromatic heterocycles. The summed E-state index contributed by atoms with van der Waals surface area (Å²) in [5, 5.41) is 0. The van der Waals surface area contributed by atoms with Gasteiger partial charge in [0.25, 0.3) is 0 Å². The Balaban J connectivity index is 2.13. The lowest BCUT2D eigenvalue weighted by Crippen LogP contribution is -2.43. The predicted octanol–water partition coefficient (Wildman–Crippen LogP) is 1.87. The Morgan fingerprint density at radius 2 is 2.40 bits per heavy atom. The summed E-state index contributed by atoms with van der Waals surface area (Å²) < 4.78 is 5.42. The van der Waals surface area contributed by atoms with Crippen LogP contribution in [0.1, 0.15) is 19.5 Å². The summed E-state index contributed by atoms with van der Waals surface area (Å²) in [6, 6.07) is 4.72. The van der Waals surface area contributed by atoms with E-state index in [4.69, 9.17) is 4.74 Å². The molecule has 1 aliphatic heterocycles. The Morgan fingerprint density at radius 1 is 1.53 bits per heavy atom. The fraction of sp³-hybridized carbons (Fsp3) is 0.583. The van der Waals surface area contributed by atoms with Crippen molar-refractivity contribution in [1.29, 1.82) is 0 Å². The highest BCUT2D eigenvalue weighted by molar-refractivity contribution is 5.46. The van der Waals surface area contributed by atoms with Crippen LogP contribution >= 0.6 is 0 Å². The van der Waals surface area contributed by atoms with Crippen LogP contribution < -0.4 is 4.90 Å². The molecule has 0 N–H and O–H groups in total. The van der Waals surface area contributed by atoms with E-state index in [1.54, 1.807) is 0 Å². The Morgan fingerprint density at radius 3 is 3.00 bits per heavy atom. The first kappa shape index (κ1) is 10.4. The largest absolute Gasteiger partial charge is 0.377 e. The molecule has 1 aromatic rings. The van der Waals surface area contributed by atoms with E-state index in [0.29, 0.717) is 6.04 Å². The summed E-state index contributed by atoms with van der Waals surface area (Å²) in [5.74, 6) is 0. The standard InChI is InChI=1S/C12H18N2O/c1-3-11-4-5-12(8-13-11)14-6-7-15-9-10(14)2/h4-5,8,10H,3,6-7,9H2,1-2H3/t10-/m1/s1. The molecule has 1 fully saturated rings. The molecule has 0 spiro atoms. The minimum Gasteiger partial charge on any atom is -0.377 e. The van der Waals surface area contributed by atoms with Gasteiger partial charge in [-0.2, -0.15) is 0 Å². The molecule has 3 heteroatoms. The van der Waals surface area contributed by atoms with Gasteiger partial charge in [0.1, 0.15) is 0 Å². The Hall–Kier alpha value is -1.09. The third-order valence-corrected chi connectivity index (χ3v) is 2.87. The first-order valence-electron chi connectivity index (χ1n) is 5.60. The van der Waals surface area contributed by atoms with Crippen LogP contribution in [-0.2, 0) is 11.2 Å². The quantitative estimate of drug-likeness (QED) is 0.738. The fourth-order valence-corrected chi connectivity index (χ4v) is 1.91. The maximum atomic E-state index is 5.42. The van der Waals surface area contributed by atoms with Crippen molar-refractivity contribution < 1.29 is 4.74 Å². The number of nitrogens with zero attached hydrogens (tertiary/aromatic N) is 2. The number of hydrogen-bond acceptors (Lipinski definition) is 3. The number of morpholine rings is 1. The molecular weight excluding hydrogens is 188 g/mol. The third kappa shape index (κ3) is 2.29. The van der Waals surface area contributed by atoms with E-state index in [9.17, 15) is 0 Å². The zero-order chi connectivity index (χ0) is 10.7. The second-order valence-corrected chi connectivity index (χ2v) is 3.98. The van der Waals surface area contributed by atoms with E-state index in [1.807, 2.05) is 6.20 Å². The van der Waals surface area contributed by atoms with E-state index in [0.717, 1.165) is 31.9 Å². The van der Waals surface area contributed by atoms with Gasteiger partial charge >= 0.3 is 0 Å². The van der Waals surface area contributed by atoms with Crippen LogP contribution in [0.2, 0.25) is 0 Å². The molecule has 82 valence electrons. The van der Waals surface area contributed by atoms with E-state index >= 15 is 0 Å². The number of anilines is 1. The van der Waals surface area contributed by atoms with Crippen LogP contribution in [0.5, 0.6) is 0 Å². The van der Waals surface area contributed by atoms with Gasteiger partial charge in [-0.15, -0.1) is 0 Å². The van der Waals surface area contributed by atoms with Crippen molar-refractivity contribution in [3.63, 3.8) is 0 Å². The molecule has 1 atom stereocenters. The number of aryl methyl sites for hydroxylation is 1. The first-order valence-corrected chi connectivity index (χ1v) is 5.60. The van der Waals surface area contributed by atoms with Gasteiger partial charge in [-0.05, 0) is 25.5 Å². The van der Waals surface area contributed by atoms with Crippen LogP contribution in [-0.4, -0.2) is 30.8 Å². The summed E-state index contributed by atoms with van der Waals surface area (Å²) >= 11 is 0. The zero-order valence-electron chi connectivity index (χ0n) is 9.44. The molecule has 2 heterocycles. The zero-order valence-corrected chi connectivity index (χ0v) is 9.44. The normalized spacial score (nSPS) is 21.7. The lowest BCUT2D eigenvalue weighted by molar-refractivity contribution is 0.0989. The minimum atomic E-state index is 0.452. The third-order valence-electron chi connectivity index (χ3n) is 2.87. The summed E-state index contributed by atoms with van der Waals surface area (Å²) in [6.45, 7) is 6.91. The van der Waals surface area contributed by atoms with Gasteiger partial charge in [-0.3, -0.25) is 4.98 Å². The van der Waals surface area contributed by atoms with Gasteiger partial charge in [0.15, 0.2) is 0 Å². The summed E-state index contributed by atoms with van der Waals surface area (Å²) in [6.07, 6.45) is 2.97. The van der Waals surface area contributed by atoms with Gasteiger partial charge in [0.05, 0.1) is 25.1 Å². The van der Waals surface area contributed by atoms with Crippen molar-refractivity contribution >= 4 is 5.69 Å². The molecule has 2 rings (SSSR count). The molecule has 0 saturated carbocycles. The highest BCUT2D eigenvalue weighted by Crippen LogP contribution is 2.18. The maximum absolute atomic E-state index is 5.42. The van der Waals surface area contributed by atoms with Crippen molar-refractivity contribution in [3.05, 3.63) is 24.0 Å². The molecule has 0 bridgehead atoms. The van der Waals surface area contributed by atoms with Crippen molar-refractivity contribution in [1.82, 2.24) is 4.98 Å².